The van der Waals surface area contributed by atoms with Gasteiger partial charge in [0.25, 0.3) is 0 Å². The summed E-state index contributed by atoms with van der Waals surface area (Å²) in [6, 6.07) is 3.25. The average molecular weight is 488 g/mol. The molecule has 0 saturated carbocycles. The Balaban J connectivity index is 1.81. The first-order valence-corrected chi connectivity index (χ1v) is 12.1. The summed E-state index contributed by atoms with van der Waals surface area (Å²) in [4.78, 5) is 29.8. The van der Waals surface area contributed by atoms with Crippen LogP contribution < -0.4 is 5.32 Å². The predicted octanol–water partition coefficient (Wildman–Crippen LogP) is 1.50. The standard InChI is InChI=1S/C26H37N3O6/c1-17-7-8-22(31)25(33)21(30)6-4-5-19-15-20(16-23(32)24(19)26(34)35-18(17)2)27-9-10-29-13-11-28(3)12-14-29/h4-5,7-8,15-18,21,25,27,30,32-33H,6,9-14H2,1-3H3/b5-4+,8-7-/t17?,18-,21-,25-/m0/s1. The van der Waals surface area contributed by atoms with Crippen LogP contribution in [0.5, 0.6) is 5.75 Å². The van der Waals surface area contributed by atoms with E-state index in [0.717, 1.165) is 32.7 Å². The number of likely N-dealkylation sites (N-methyl/N-ethyl adjacent to an activating group) is 1. The first-order chi connectivity index (χ1) is 16.7. The number of rotatable bonds is 4. The molecule has 0 spiro atoms. The van der Waals surface area contributed by atoms with Crippen molar-refractivity contribution in [3.63, 3.8) is 0 Å². The number of nitrogens with zero attached hydrogens (tertiary/aromatic N) is 2. The molecule has 3 rings (SSSR count). The van der Waals surface area contributed by atoms with Crippen LogP contribution in [0, 0.1) is 5.92 Å². The number of phenolic OH excluding ortho intramolecular Hbond substituents is 1. The van der Waals surface area contributed by atoms with Gasteiger partial charge in [-0.05, 0) is 38.1 Å². The lowest BCUT2D eigenvalue weighted by Gasteiger charge is -2.32. The van der Waals surface area contributed by atoms with Crippen LogP contribution in [0.4, 0.5) is 5.69 Å². The van der Waals surface area contributed by atoms with Crippen molar-refractivity contribution >= 4 is 23.5 Å². The number of benzene rings is 1. The van der Waals surface area contributed by atoms with Crippen LogP contribution in [0.3, 0.4) is 0 Å². The lowest BCUT2D eigenvalue weighted by Crippen LogP contribution is -2.45. The molecule has 1 fully saturated rings. The lowest BCUT2D eigenvalue weighted by molar-refractivity contribution is -0.127. The summed E-state index contributed by atoms with van der Waals surface area (Å²) in [6.07, 6.45) is 2.42. The molecule has 2 heterocycles. The minimum atomic E-state index is -1.56. The number of ether oxygens (including phenoxy) is 1. The van der Waals surface area contributed by atoms with E-state index in [9.17, 15) is 24.9 Å². The number of hydrogen-bond acceptors (Lipinski definition) is 9. The Bertz CT molecular complexity index is 955. The molecule has 0 aliphatic carbocycles. The highest BCUT2D eigenvalue weighted by molar-refractivity contribution is 5.97. The normalized spacial score (nSPS) is 29.1. The van der Waals surface area contributed by atoms with Crippen LogP contribution in [-0.2, 0) is 9.53 Å². The Morgan fingerprint density at radius 3 is 2.51 bits per heavy atom. The number of aromatic hydroxyl groups is 1. The van der Waals surface area contributed by atoms with E-state index in [2.05, 4.69) is 22.2 Å². The van der Waals surface area contributed by atoms with Gasteiger partial charge < -0.3 is 30.3 Å². The smallest absolute Gasteiger partial charge is 0.342 e. The van der Waals surface area contributed by atoms with Gasteiger partial charge in [-0.3, -0.25) is 9.69 Å². The first-order valence-electron chi connectivity index (χ1n) is 12.1. The molecule has 2 aliphatic heterocycles. The van der Waals surface area contributed by atoms with Gasteiger partial charge in [-0.2, -0.15) is 0 Å². The van der Waals surface area contributed by atoms with E-state index in [-0.39, 0.29) is 23.7 Å². The number of esters is 1. The van der Waals surface area contributed by atoms with E-state index in [1.807, 2.05) is 0 Å². The maximum Gasteiger partial charge on any atom is 0.342 e. The van der Waals surface area contributed by atoms with Gasteiger partial charge in [0.1, 0.15) is 23.5 Å². The highest BCUT2D eigenvalue weighted by atomic mass is 16.5. The van der Waals surface area contributed by atoms with Crippen molar-refractivity contribution in [2.45, 2.75) is 38.6 Å². The number of hydrogen-bond donors (Lipinski definition) is 4. The zero-order chi connectivity index (χ0) is 25.5. The number of cyclic esters (lactones) is 1. The highest BCUT2D eigenvalue weighted by Gasteiger charge is 2.25. The van der Waals surface area contributed by atoms with E-state index in [4.69, 9.17) is 4.74 Å². The molecule has 0 aromatic heterocycles. The minimum Gasteiger partial charge on any atom is -0.507 e. The van der Waals surface area contributed by atoms with Crippen molar-refractivity contribution in [1.82, 2.24) is 9.80 Å². The van der Waals surface area contributed by atoms with Gasteiger partial charge in [0.15, 0.2) is 5.78 Å². The summed E-state index contributed by atoms with van der Waals surface area (Å²) >= 11 is 0. The summed E-state index contributed by atoms with van der Waals surface area (Å²) in [6.45, 7) is 9.06. The second-order valence-corrected chi connectivity index (χ2v) is 9.41. The van der Waals surface area contributed by atoms with Crippen molar-refractivity contribution < 1.29 is 29.6 Å². The summed E-state index contributed by atoms with van der Waals surface area (Å²) in [5.74, 6) is -1.83. The molecular formula is C26H37N3O6. The van der Waals surface area contributed by atoms with Crippen molar-refractivity contribution in [1.29, 1.82) is 0 Å². The van der Waals surface area contributed by atoms with Crippen LogP contribution in [0.2, 0.25) is 0 Å². The molecule has 1 unspecified atom stereocenters. The van der Waals surface area contributed by atoms with Gasteiger partial charge in [-0.1, -0.05) is 25.2 Å². The fourth-order valence-electron chi connectivity index (χ4n) is 4.02. The topological polar surface area (TPSA) is 123 Å². The summed E-state index contributed by atoms with van der Waals surface area (Å²) in [5.41, 5.74) is 1.09. The van der Waals surface area contributed by atoms with Gasteiger partial charge in [0.2, 0.25) is 0 Å². The number of anilines is 1. The summed E-state index contributed by atoms with van der Waals surface area (Å²) in [7, 11) is 2.11. The monoisotopic (exact) mass is 487 g/mol. The molecular weight excluding hydrogens is 450 g/mol. The molecule has 4 N–H and O–H groups in total. The summed E-state index contributed by atoms with van der Waals surface area (Å²) < 4.78 is 5.57. The SMILES string of the molecule is CC1/C=C\C(=O)[C@@H](O)[C@@H](O)C/C=C/c2cc(NCCN3CCN(C)CC3)cc(O)c2C(=O)O[C@H]1C. The minimum absolute atomic E-state index is 0.0109. The van der Waals surface area contributed by atoms with Gasteiger partial charge in [-0.25, -0.2) is 4.79 Å². The van der Waals surface area contributed by atoms with Crippen molar-refractivity contribution in [2.75, 3.05) is 51.6 Å². The quantitative estimate of drug-likeness (QED) is 0.468. The Hall–Kier alpha value is -2.72. The number of aliphatic hydroxyl groups is 2. The number of piperazine rings is 1. The molecule has 1 saturated heterocycles. The van der Waals surface area contributed by atoms with Crippen molar-refractivity contribution in [2.24, 2.45) is 5.92 Å². The zero-order valence-corrected chi connectivity index (χ0v) is 20.7. The van der Waals surface area contributed by atoms with Crippen LogP contribution in [0.25, 0.3) is 6.08 Å². The molecule has 4 atom stereocenters. The first kappa shape index (κ1) is 26.9. The number of carbonyl (C=O) groups excluding carboxylic acids is 2. The van der Waals surface area contributed by atoms with E-state index in [1.165, 1.54) is 18.2 Å². The Morgan fingerprint density at radius 1 is 1.09 bits per heavy atom. The third-order valence-electron chi connectivity index (χ3n) is 6.63. The van der Waals surface area contributed by atoms with Gasteiger partial charge in [-0.15, -0.1) is 0 Å². The van der Waals surface area contributed by atoms with Crippen molar-refractivity contribution in [3.05, 3.63) is 41.5 Å². The van der Waals surface area contributed by atoms with E-state index in [1.54, 1.807) is 32.1 Å². The second kappa shape index (κ2) is 12.3. The molecule has 0 bridgehead atoms. The second-order valence-electron chi connectivity index (χ2n) is 9.41. The Labute approximate surface area is 206 Å². The van der Waals surface area contributed by atoms with Crippen LogP contribution in [-0.4, -0.2) is 102 Å². The van der Waals surface area contributed by atoms with Gasteiger partial charge in [0, 0.05) is 56.9 Å². The molecule has 9 nitrogen and oxygen atoms in total. The third-order valence-corrected chi connectivity index (χ3v) is 6.63. The van der Waals surface area contributed by atoms with Crippen molar-refractivity contribution in [3.8, 4) is 5.75 Å². The van der Waals surface area contributed by atoms with E-state index < -0.39 is 30.1 Å². The van der Waals surface area contributed by atoms with Crippen LogP contribution in [0.15, 0.2) is 30.4 Å². The molecule has 1 aromatic carbocycles. The molecule has 9 heteroatoms. The van der Waals surface area contributed by atoms with Gasteiger partial charge >= 0.3 is 5.97 Å². The average Bonchev–Trinajstić information content (AvgIpc) is 2.82. The lowest BCUT2D eigenvalue weighted by atomic mass is 9.99. The molecule has 2 aliphatic rings. The molecule has 1 aromatic rings. The fraction of sp³-hybridized carbons (Fsp3) is 0.538. The van der Waals surface area contributed by atoms with Gasteiger partial charge in [0.05, 0.1) is 6.10 Å². The largest absolute Gasteiger partial charge is 0.507 e. The molecule has 0 amide bonds. The number of phenols is 1. The third kappa shape index (κ3) is 7.38. The number of nitrogens with one attached hydrogen (secondary N) is 1. The maximum absolute atomic E-state index is 13.0. The van der Waals surface area contributed by atoms with Crippen LogP contribution >= 0.6 is 0 Å². The summed E-state index contributed by atoms with van der Waals surface area (Å²) in [5, 5.41) is 34.4. The number of carbonyl (C=O) groups is 2. The zero-order valence-electron chi connectivity index (χ0n) is 20.7. The highest BCUT2D eigenvalue weighted by Crippen LogP contribution is 2.30. The van der Waals surface area contributed by atoms with Crippen LogP contribution in [0.1, 0.15) is 36.2 Å². The number of fused-ring (bicyclic) bond motifs is 1. The molecule has 0 radical (unpaired) electrons. The maximum atomic E-state index is 13.0. The van der Waals surface area contributed by atoms with E-state index in [0.29, 0.717) is 17.8 Å². The molecule has 192 valence electrons. The number of aliphatic hydroxyl groups excluding tert-OH is 2. The Morgan fingerprint density at radius 2 is 1.80 bits per heavy atom. The number of ketones is 1. The van der Waals surface area contributed by atoms with E-state index >= 15 is 0 Å². The molecule has 35 heavy (non-hydrogen) atoms. The predicted molar refractivity (Wildman–Crippen MR) is 134 cm³/mol. The fourth-order valence-corrected chi connectivity index (χ4v) is 4.02. The Kier molecular flexibility index (Phi) is 9.45.